The van der Waals surface area contributed by atoms with Crippen LogP contribution in [0.1, 0.15) is 25.2 Å². The fraction of sp³-hybridized carbons (Fsp3) is 0.375. The van der Waals surface area contributed by atoms with Crippen molar-refractivity contribution in [2.75, 3.05) is 0 Å². The summed E-state index contributed by atoms with van der Waals surface area (Å²) in [7, 11) is 0. The third kappa shape index (κ3) is 3.81. The van der Waals surface area contributed by atoms with E-state index in [1.165, 1.54) is 24.4 Å². The van der Waals surface area contributed by atoms with Crippen LogP contribution >= 0.6 is 0 Å². The molecule has 0 fully saturated rings. The average Bonchev–Trinajstić information content (AvgIpc) is 2.97. The van der Waals surface area contributed by atoms with Crippen molar-refractivity contribution < 1.29 is 26.7 Å². The van der Waals surface area contributed by atoms with Crippen molar-refractivity contribution in [1.82, 2.24) is 24.8 Å². The molecule has 3 heterocycles. The van der Waals surface area contributed by atoms with Gasteiger partial charge in [0.05, 0.1) is 5.69 Å². The lowest BCUT2D eigenvalue weighted by Crippen LogP contribution is -2.31. The first-order chi connectivity index (χ1) is 12.5. The minimum Gasteiger partial charge on any atom is -0.465 e. The number of ether oxygens (including phenoxy) is 1. The molecule has 0 spiro atoms. The molecule has 0 aliphatic rings. The van der Waals surface area contributed by atoms with E-state index < -0.39 is 24.0 Å². The Bertz CT molecular complexity index is 962. The molecule has 1 atom stereocenters. The summed E-state index contributed by atoms with van der Waals surface area (Å²) < 4.78 is 70.6. The third-order valence-corrected chi connectivity index (χ3v) is 3.74. The molecular weight excluding hydrogens is 373 g/mol. The van der Waals surface area contributed by atoms with Crippen LogP contribution in [-0.2, 0) is 5.92 Å². The first-order valence-corrected chi connectivity index (χ1v) is 7.78. The number of rotatable bonds is 4. The van der Waals surface area contributed by atoms with Crippen molar-refractivity contribution in [3.63, 3.8) is 0 Å². The molecule has 0 aliphatic heterocycles. The van der Waals surface area contributed by atoms with E-state index in [-0.39, 0.29) is 11.5 Å². The summed E-state index contributed by atoms with van der Waals surface area (Å²) in [6.45, 7) is 3.24. The minimum atomic E-state index is -4.51. The van der Waals surface area contributed by atoms with Crippen LogP contribution in [0.5, 0.6) is 5.88 Å². The molecule has 0 saturated carbocycles. The summed E-state index contributed by atoms with van der Waals surface area (Å²) in [5, 5.41) is 11.3. The molecule has 6 nitrogen and oxygen atoms in total. The lowest BCUT2D eigenvalue weighted by Gasteiger charge is -2.17. The number of aromatic nitrogens is 5. The summed E-state index contributed by atoms with van der Waals surface area (Å²) >= 11 is 0. The molecular formula is C16H14F5N5O. The Labute approximate surface area is 150 Å². The number of alkyl halides is 5. The maximum absolute atomic E-state index is 13.6. The van der Waals surface area contributed by atoms with Crippen molar-refractivity contribution in [2.24, 2.45) is 0 Å². The van der Waals surface area contributed by atoms with Gasteiger partial charge >= 0.3 is 12.1 Å². The predicted molar refractivity (Wildman–Crippen MR) is 84.5 cm³/mol. The second-order valence-electron chi connectivity index (χ2n) is 6.04. The van der Waals surface area contributed by atoms with Crippen LogP contribution in [-0.4, -0.2) is 37.1 Å². The summed E-state index contributed by atoms with van der Waals surface area (Å²) in [5.41, 5.74) is 1.50. The Morgan fingerprint density at radius 2 is 1.81 bits per heavy atom. The molecule has 0 amide bonds. The van der Waals surface area contributed by atoms with E-state index in [0.717, 1.165) is 11.4 Å². The van der Waals surface area contributed by atoms with Crippen LogP contribution in [0.15, 0.2) is 24.4 Å². The molecule has 11 heteroatoms. The molecule has 3 aromatic heterocycles. The summed E-state index contributed by atoms with van der Waals surface area (Å²) in [5.74, 6) is -4.08. The second-order valence-corrected chi connectivity index (χ2v) is 6.04. The van der Waals surface area contributed by atoms with Gasteiger partial charge in [0, 0.05) is 24.8 Å². The average molecular weight is 387 g/mol. The lowest BCUT2D eigenvalue weighted by atomic mass is 10.1. The van der Waals surface area contributed by atoms with Gasteiger partial charge in [-0.3, -0.25) is 0 Å². The van der Waals surface area contributed by atoms with Crippen LogP contribution < -0.4 is 4.74 Å². The zero-order chi connectivity index (χ0) is 20.0. The van der Waals surface area contributed by atoms with Gasteiger partial charge in [-0.05, 0) is 31.5 Å². The predicted octanol–water partition coefficient (Wildman–Crippen LogP) is 3.94. The van der Waals surface area contributed by atoms with Crippen LogP contribution in [0.2, 0.25) is 0 Å². The largest absolute Gasteiger partial charge is 0.465 e. The number of hydrogen-bond acceptors (Lipinski definition) is 5. The highest BCUT2D eigenvalue weighted by Crippen LogP contribution is 2.29. The highest BCUT2D eigenvalue weighted by atomic mass is 19.4. The molecule has 27 heavy (non-hydrogen) atoms. The number of nitrogens with zero attached hydrogens (tertiary/aromatic N) is 5. The van der Waals surface area contributed by atoms with Gasteiger partial charge in [0.25, 0.3) is 0 Å². The quantitative estimate of drug-likeness (QED) is 0.635. The summed E-state index contributed by atoms with van der Waals surface area (Å²) in [6.07, 6.45) is -5.27. The Kier molecular flexibility index (Phi) is 4.48. The number of halogens is 5. The Morgan fingerprint density at radius 3 is 2.37 bits per heavy atom. The molecule has 0 bridgehead atoms. The van der Waals surface area contributed by atoms with Crippen LogP contribution in [0.3, 0.4) is 0 Å². The molecule has 3 aromatic rings. The van der Waals surface area contributed by atoms with Gasteiger partial charge in [-0.25, -0.2) is 4.98 Å². The Balaban J connectivity index is 1.96. The number of aryl methyl sites for hydroxylation is 1. The molecule has 0 saturated heterocycles. The van der Waals surface area contributed by atoms with E-state index in [1.54, 1.807) is 6.92 Å². The van der Waals surface area contributed by atoms with Crippen LogP contribution in [0.25, 0.3) is 16.9 Å². The molecule has 0 unspecified atom stereocenters. The molecule has 0 aliphatic carbocycles. The highest BCUT2D eigenvalue weighted by molar-refractivity contribution is 5.64. The van der Waals surface area contributed by atoms with Gasteiger partial charge in [0.2, 0.25) is 11.7 Å². The van der Waals surface area contributed by atoms with Crippen molar-refractivity contribution in [2.45, 2.75) is 39.0 Å². The maximum atomic E-state index is 13.6. The van der Waals surface area contributed by atoms with Crippen molar-refractivity contribution >= 4 is 5.65 Å². The monoisotopic (exact) mass is 387 g/mol. The van der Waals surface area contributed by atoms with Gasteiger partial charge in [0.15, 0.2) is 11.8 Å². The fourth-order valence-electron chi connectivity index (χ4n) is 2.32. The topological polar surface area (TPSA) is 65.2 Å². The Morgan fingerprint density at radius 1 is 1.11 bits per heavy atom. The molecule has 3 rings (SSSR count). The van der Waals surface area contributed by atoms with Gasteiger partial charge in [0.1, 0.15) is 0 Å². The normalized spacial score (nSPS) is 13.8. The van der Waals surface area contributed by atoms with Crippen LogP contribution in [0.4, 0.5) is 22.0 Å². The summed E-state index contributed by atoms with van der Waals surface area (Å²) in [4.78, 5) is 3.84. The summed E-state index contributed by atoms with van der Waals surface area (Å²) in [6, 6.07) is 4.23. The van der Waals surface area contributed by atoms with E-state index in [9.17, 15) is 22.0 Å². The van der Waals surface area contributed by atoms with Crippen LogP contribution in [0, 0.1) is 6.92 Å². The first-order valence-electron chi connectivity index (χ1n) is 7.78. The minimum absolute atomic E-state index is 0.152. The Hall–Kier alpha value is -2.85. The van der Waals surface area contributed by atoms with Gasteiger partial charge < -0.3 is 4.74 Å². The number of hydrogen-bond donors (Lipinski definition) is 0. The zero-order valence-electron chi connectivity index (χ0n) is 14.4. The SMILES string of the molecule is Cc1cc2nnc(C(C)(F)F)n2nc1-c1ccc(O[C@H](C)C(F)(F)F)nc1. The molecule has 0 aromatic carbocycles. The van der Waals surface area contributed by atoms with Gasteiger partial charge in [-0.15, -0.1) is 10.2 Å². The fourth-order valence-corrected chi connectivity index (χ4v) is 2.32. The second kappa shape index (κ2) is 6.39. The van der Waals surface area contributed by atoms with Gasteiger partial charge in [-0.2, -0.15) is 31.6 Å². The van der Waals surface area contributed by atoms with Crippen molar-refractivity contribution in [3.05, 3.63) is 35.8 Å². The van der Waals surface area contributed by atoms with E-state index in [1.807, 2.05) is 0 Å². The number of pyridine rings is 1. The van der Waals surface area contributed by atoms with E-state index >= 15 is 0 Å². The first kappa shape index (κ1) is 18.9. The van der Waals surface area contributed by atoms with E-state index in [0.29, 0.717) is 23.7 Å². The van der Waals surface area contributed by atoms with E-state index in [4.69, 9.17) is 4.74 Å². The van der Waals surface area contributed by atoms with E-state index in [2.05, 4.69) is 20.3 Å². The number of fused-ring (bicyclic) bond motifs is 1. The van der Waals surface area contributed by atoms with Crippen molar-refractivity contribution in [3.8, 4) is 17.1 Å². The smallest absolute Gasteiger partial charge is 0.425 e. The van der Waals surface area contributed by atoms with Crippen molar-refractivity contribution in [1.29, 1.82) is 0 Å². The lowest BCUT2D eigenvalue weighted by molar-refractivity contribution is -0.189. The molecule has 0 radical (unpaired) electrons. The maximum Gasteiger partial charge on any atom is 0.425 e. The molecule has 144 valence electrons. The van der Waals surface area contributed by atoms with Gasteiger partial charge in [-0.1, -0.05) is 0 Å². The highest BCUT2D eigenvalue weighted by Gasteiger charge is 2.38. The third-order valence-electron chi connectivity index (χ3n) is 3.74. The molecule has 0 N–H and O–H groups in total. The zero-order valence-corrected chi connectivity index (χ0v) is 14.4. The standard InChI is InChI=1S/C16H14F5N5O/c1-8-6-11-23-24-14(15(3,17)18)26(11)25-13(8)10-4-5-12(22-7-10)27-9(2)16(19,20)21/h4-7,9H,1-3H3/t9-/m1/s1.